The molecule has 0 aromatic carbocycles. The summed E-state index contributed by atoms with van der Waals surface area (Å²) in [5.74, 6) is -0.638. The van der Waals surface area contributed by atoms with E-state index >= 15 is 0 Å². The van der Waals surface area contributed by atoms with Gasteiger partial charge in [0.25, 0.3) is 0 Å². The lowest BCUT2D eigenvalue weighted by atomic mass is 9.71. The van der Waals surface area contributed by atoms with Crippen molar-refractivity contribution in [1.29, 1.82) is 0 Å². The van der Waals surface area contributed by atoms with Gasteiger partial charge in [-0.1, -0.05) is 19.3 Å². The predicted molar refractivity (Wildman–Crippen MR) is 71.8 cm³/mol. The van der Waals surface area contributed by atoms with E-state index in [0.29, 0.717) is 19.4 Å². The molecule has 3 aliphatic rings. The topological polar surface area (TPSA) is 69.7 Å². The Morgan fingerprint density at radius 3 is 2.45 bits per heavy atom. The number of hydrogen-bond donors (Lipinski definition) is 1. The number of barbiturate groups is 1. The molecular weight excluding hydrogens is 258 g/mol. The van der Waals surface area contributed by atoms with Gasteiger partial charge in [-0.25, -0.2) is 4.79 Å². The van der Waals surface area contributed by atoms with Gasteiger partial charge in [0.05, 0.1) is 6.04 Å². The number of likely N-dealkylation sites (tertiary alicyclic amines) is 1. The fraction of sp³-hybridized carbons (Fsp3) is 0.786. The van der Waals surface area contributed by atoms with Gasteiger partial charge in [0, 0.05) is 6.54 Å². The summed E-state index contributed by atoms with van der Waals surface area (Å²) in [6.45, 7) is 1.58. The fourth-order valence-corrected chi connectivity index (χ4v) is 3.75. The minimum Gasteiger partial charge on any atom is -0.304 e. The number of amides is 4. The molecule has 1 aliphatic carbocycles. The normalized spacial score (nSPS) is 30.9. The zero-order valence-electron chi connectivity index (χ0n) is 11.9. The summed E-state index contributed by atoms with van der Waals surface area (Å²) < 4.78 is 0. The molecule has 2 aliphatic heterocycles. The first-order valence-corrected chi connectivity index (χ1v) is 7.42. The number of carbonyl (C=O) groups excluding carboxylic acids is 3. The maximum atomic E-state index is 12.8. The molecule has 0 bridgehead atoms. The molecule has 0 aromatic heterocycles. The summed E-state index contributed by atoms with van der Waals surface area (Å²) in [6.07, 6.45) is 4.76. The van der Waals surface area contributed by atoms with Gasteiger partial charge >= 0.3 is 6.03 Å². The van der Waals surface area contributed by atoms with Crippen LogP contribution >= 0.6 is 0 Å². The van der Waals surface area contributed by atoms with Crippen LogP contribution in [-0.4, -0.2) is 53.8 Å². The third kappa shape index (κ3) is 1.93. The van der Waals surface area contributed by atoms with E-state index in [1.54, 1.807) is 0 Å². The molecule has 4 amide bonds. The molecule has 1 atom stereocenters. The number of nitrogens with zero attached hydrogens (tertiary/aromatic N) is 2. The minimum atomic E-state index is -0.979. The van der Waals surface area contributed by atoms with Crippen molar-refractivity contribution in [3.8, 4) is 0 Å². The average Bonchev–Trinajstić information content (AvgIpc) is 2.84. The van der Waals surface area contributed by atoms with Crippen LogP contribution in [0.3, 0.4) is 0 Å². The first-order chi connectivity index (χ1) is 9.54. The highest BCUT2D eigenvalue weighted by molar-refractivity contribution is 6.19. The van der Waals surface area contributed by atoms with Crippen LogP contribution < -0.4 is 5.32 Å². The van der Waals surface area contributed by atoms with Crippen molar-refractivity contribution in [3.05, 3.63) is 0 Å². The van der Waals surface area contributed by atoms with Crippen molar-refractivity contribution in [2.75, 3.05) is 20.1 Å². The van der Waals surface area contributed by atoms with Crippen molar-refractivity contribution >= 4 is 17.8 Å². The van der Waals surface area contributed by atoms with Gasteiger partial charge in [0.2, 0.25) is 11.8 Å². The van der Waals surface area contributed by atoms with Crippen LogP contribution in [0.2, 0.25) is 0 Å². The monoisotopic (exact) mass is 279 g/mol. The summed E-state index contributed by atoms with van der Waals surface area (Å²) in [4.78, 5) is 40.6. The van der Waals surface area contributed by atoms with Crippen LogP contribution in [0, 0.1) is 5.41 Å². The fourth-order valence-electron chi connectivity index (χ4n) is 3.75. The van der Waals surface area contributed by atoms with Gasteiger partial charge in [-0.05, 0) is 32.9 Å². The van der Waals surface area contributed by atoms with Gasteiger partial charge < -0.3 is 4.90 Å². The van der Waals surface area contributed by atoms with E-state index in [1.807, 2.05) is 7.05 Å². The summed E-state index contributed by atoms with van der Waals surface area (Å²) in [7, 11) is 1.98. The molecule has 110 valence electrons. The second kappa shape index (κ2) is 4.84. The number of imide groups is 2. The standard InChI is InChI=1S/C14H21N3O3/c1-16-8-5-10(9-16)17-12(19)14(6-3-2-4-7-14)11(18)15-13(17)20/h10H,2-9H2,1H3,(H,15,18,20). The Kier molecular flexibility index (Phi) is 3.28. The molecule has 1 N–H and O–H groups in total. The highest BCUT2D eigenvalue weighted by atomic mass is 16.2. The van der Waals surface area contributed by atoms with E-state index in [2.05, 4.69) is 10.2 Å². The van der Waals surface area contributed by atoms with Crippen LogP contribution in [0.1, 0.15) is 38.5 Å². The van der Waals surface area contributed by atoms with E-state index in [0.717, 1.165) is 32.2 Å². The highest BCUT2D eigenvalue weighted by Crippen LogP contribution is 2.41. The lowest BCUT2D eigenvalue weighted by Crippen LogP contribution is -2.66. The summed E-state index contributed by atoms with van der Waals surface area (Å²) in [6, 6.07) is -0.629. The number of nitrogens with one attached hydrogen (secondary N) is 1. The van der Waals surface area contributed by atoms with Crippen molar-refractivity contribution in [1.82, 2.24) is 15.1 Å². The molecule has 1 saturated carbocycles. The van der Waals surface area contributed by atoms with Gasteiger partial charge in [-0.2, -0.15) is 0 Å². The van der Waals surface area contributed by atoms with Crippen molar-refractivity contribution in [3.63, 3.8) is 0 Å². The Bertz CT molecular complexity index is 457. The Morgan fingerprint density at radius 1 is 1.15 bits per heavy atom. The molecular formula is C14H21N3O3. The number of hydrogen-bond acceptors (Lipinski definition) is 4. The van der Waals surface area contributed by atoms with Crippen molar-refractivity contribution in [2.45, 2.75) is 44.6 Å². The van der Waals surface area contributed by atoms with E-state index < -0.39 is 11.4 Å². The zero-order valence-corrected chi connectivity index (χ0v) is 11.9. The van der Waals surface area contributed by atoms with E-state index in [-0.39, 0.29) is 17.9 Å². The van der Waals surface area contributed by atoms with Crippen LogP contribution in [-0.2, 0) is 9.59 Å². The molecule has 3 rings (SSSR count). The maximum absolute atomic E-state index is 12.8. The van der Waals surface area contributed by atoms with E-state index in [9.17, 15) is 14.4 Å². The number of rotatable bonds is 1. The quantitative estimate of drug-likeness (QED) is 0.718. The maximum Gasteiger partial charge on any atom is 0.331 e. The SMILES string of the molecule is CN1CCC(N2C(=O)NC(=O)C3(CCCCC3)C2=O)C1. The van der Waals surface area contributed by atoms with Crippen LogP contribution in [0.25, 0.3) is 0 Å². The third-order valence-corrected chi connectivity index (χ3v) is 4.94. The molecule has 0 aromatic rings. The number of likely N-dealkylation sites (N-methyl/N-ethyl adjacent to an activating group) is 1. The number of carbonyl (C=O) groups is 3. The minimum absolute atomic E-state index is 0.0978. The van der Waals surface area contributed by atoms with Gasteiger partial charge in [-0.15, -0.1) is 0 Å². The largest absolute Gasteiger partial charge is 0.331 e. The Morgan fingerprint density at radius 2 is 1.85 bits per heavy atom. The lowest BCUT2D eigenvalue weighted by molar-refractivity contribution is -0.155. The lowest BCUT2D eigenvalue weighted by Gasteiger charge is -2.43. The predicted octanol–water partition coefficient (Wildman–Crippen LogP) is 0.719. The average molecular weight is 279 g/mol. The summed E-state index contributed by atoms with van der Waals surface area (Å²) in [5, 5.41) is 2.42. The third-order valence-electron chi connectivity index (χ3n) is 4.94. The molecule has 6 heteroatoms. The van der Waals surface area contributed by atoms with Crippen molar-refractivity contribution < 1.29 is 14.4 Å². The summed E-state index contributed by atoms with van der Waals surface area (Å²) >= 11 is 0. The van der Waals surface area contributed by atoms with Crippen LogP contribution in [0.15, 0.2) is 0 Å². The Hall–Kier alpha value is -1.43. The molecule has 1 spiro atoms. The molecule has 0 radical (unpaired) electrons. The van der Waals surface area contributed by atoms with Crippen molar-refractivity contribution in [2.24, 2.45) is 5.41 Å². The second-order valence-electron chi connectivity index (χ2n) is 6.28. The van der Waals surface area contributed by atoms with Crippen LogP contribution in [0.4, 0.5) is 4.79 Å². The molecule has 2 saturated heterocycles. The van der Waals surface area contributed by atoms with E-state index in [1.165, 1.54) is 4.90 Å². The first kappa shape index (κ1) is 13.5. The van der Waals surface area contributed by atoms with Crippen LogP contribution in [0.5, 0.6) is 0 Å². The molecule has 6 nitrogen and oxygen atoms in total. The first-order valence-electron chi connectivity index (χ1n) is 7.42. The smallest absolute Gasteiger partial charge is 0.304 e. The van der Waals surface area contributed by atoms with Gasteiger partial charge in [0.15, 0.2) is 0 Å². The number of urea groups is 1. The van der Waals surface area contributed by atoms with E-state index in [4.69, 9.17) is 0 Å². The Balaban J connectivity index is 1.88. The molecule has 1 unspecified atom stereocenters. The highest BCUT2D eigenvalue weighted by Gasteiger charge is 2.55. The van der Waals surface area contributed by atoms with Gasteiger partial charge in [0.1, 0.15) is 5.41 Å². The zero-order chi connectivity index (χ0) is 14.3. The summed E-state index contributed by atoms with van der Waals surface area (Å²) in [5.41, 5.74) is -0.979. The molecule has 3 fully saturated rings. The molecule has 2 heterocycles. The second-order valence-corrected chi connectivity index (χ2v) is 6.28. The Labute approximate surface area is 118 Å². The molecule has 20 heavy (non-hydrogen) atoms. The van der Waals surface area contributed by atoms with Gasteiger partial charge in [-0.3, -0.25) is 19.8 Å².